The third-order valence-electron chi connectivity index (χ3n) is 7.10. The van der Waals surface area contributed by atoms with Crippen LogP contribution in [0.3, 0.4) is 0 Å². The Balaban J connectivity index is 1.42. The summed E-state index contributed by atoms with van der Waals surface area (Å²) in [6.45, 7) is 14.6. The minimum atomic E-state index is -0.566. The quantitative estimate of drug-likeness (QED) is 0.205. The lowest BCUT2D eigenvalue weighted by molar-refractivity contribution is 0.0227. The van der Waals surface area contributed by atoms with Crippen LogP contribution in [-0.2, 0) is 9.47 Å². The van der Waals surface area contributed by atoms with Gasteiger partial charge in [0.15, 0.2) is 0 Å². The summed E-state index contributed by atoms with van der Waals surface area (Å²) < 4.78 is 10.6. The van der Waals surface area contributed by atoms with Gasteiger partial charge in [-0.1, -0.05) is 55.1 Å². The van der Waals surface area contributed by atoms with Gasteiger partial charge in [0.1, 0.15) is 17.2 Å². The first kappa shape index (κ1) is 31.1. The first-order valence-corrected chi connectivity index (χ1v) is 14.1. The molecule has 2 heterocycles. The first-order chi connectivity index (χ1) is 20.2. The SMILES string of the molecule is C=C(C)OC(=O)N(C)[C@@H](C)c1ncc(-c2ccc(-c3ccc(-c4cnc([C@H](C)N(C)C(=O)OC(C)(C)C)[nH]4)cc3)cc2)[nH]1. The van der Waals surface area contributed by atoms with Crippen molar-refractivity contribution >= 4 is 12.2 Å². The number of amides is 2. The van der Waals surface area contributed by atoms with E-state index in [4.69, 9.17) is 9.47 Å². The van der Waals surface area contributed by atoms with Crippen LogP contribution < -0.4 is 0 Å². The molecule has 0 saturated carbocycles. The van der Waals surface area contributed by atoms with E-state index in [0.717, 1.165) is 33.6 Å². The number of benzene rings is 2. The Morgan fingerprint density at radius 2 is 1.12 bits per heavy atom. The van der Waals surface area contributed by atoms with Gasteiger partial charge >= 0.3 is 12.2 Å². The van der Waals surface area contributed by atoms with Crippen molar-refractivity contribution in [1.82, 2.24) is 29.7 Å². The molecule has 10 heteroatoms. The van der Waals surface area contributed by atoms with E-state index in [0.29, 0.717) is 17.4 Å². The number of carbonyl (C=O) groups excluding carboxylic acids is 2. The molecule has 0 spiro atoms. The summed E-state index contributed by atoms with van der Waals surface area (Å²) in [6, 6.07) is 15.8. The van der Waals surface area contributed by atoms with E-state index in [-0.39, 0.29) is 12.1 Å². The van der Waals surface area contributed by atoms with Crippen molar-refractivity contribution in [2.24, 2.45) is 0 Å². The largest absolute Gasteiger partial charge is 0.444 e. The van der Waals surface area contributed by atoms with Crippen molar-refractivity contribution in [2.45, 2.75) is 59.2 Å². The molecule has 43 heavy (non-hydrogen) atoms. The minimum absolute atomic E-state index is 0.283. The topological polar surface area (TPSA) is 116 Å². The van der Waals surface area contributed by atoms with Crippen molar-refractivity contribution in [3.63, 3.8) is 0 Å². The van der Waals surface area contributed by atoms with E-state index in [1.165, 1.54) is 9.80 Å². The molecule has 0 saturated heterocycles. The summed E-state index contributed by atoms with van der Waals surface area (Å²) in [5.74, 6) is 1.67. The Labute approximate surface area is 252 Å². The van der Waals surface area contributed by atoms with Gasteiger partial charge in [-0.3, -0.25) is 0 Å². The second-order valence-electron chi connectivity index (χ2n) is 11.6. The van der Waals surface area contributed by atoms with Gasteiger partial charge in [0, 0.05) is 14.1 Å². The van der Waals surface area contributed by atoms with E-state index in [1.807, 2.05) is 58.9 Å². The Morgan fingerprint density at radius 3 is 1.49 bits per heavy atom. The zero-order chi connectivity index (χ0) is 31.5. The monoisotopic (exact) mass is 584 g/mol. The number of aromatic nitrogens is 4. The highest BCUT2D eigenvalue weighted by Crippen LogP contribution is 2.29. The highest BCUT2D eigenvalue weighted by molar-refractivity contribution is 5.72. The third-order valence-corrected chi connectivity index (χ3v) is 7.10. The average Bonchev–Trinajstić information content (AvgIpc) is 3.65. The van der Waals surface area contributed by atoms with Crippen LogP contribution in [0.1, 0.15) is 65.3 Å². The minimum Gasteiger partial charge on any atom is -0.444 e. The summed E-state index contributed by atoms with van der Waals surface area (Å²) in [4.78, 5) is 43.3. The van der Waals surface area contributed by atoms with Crippen LogP contribution in [0.15, 0.2) is 73.3 Å². The van der Waals surface area contributed by atoms with Crippen molar-refractivity contribution in [3.05, 3.63) is 84.9 Å². The van der Waals surface area contributed by atoms with Crippen molar-refractivity contribution in [1.29, 1.82) is 0 Å². The zero-order valence-corrected chi connectivity index (χ0v) is 26.1. The molecular weight excluding hydrogens is 544 g/mol. The van der Waals surface area contributed by atoms with E-state index in [2.05, 4.69) is 50.8 Å². The van der Waals surface area contributed by atoms with E-state index >= 15 is 0 Å². The molecule has 4 aromatic rings. The number of imidazole rings is 2. The Kier molecular flexibility index (Phi) is 9.08. The molecule has 0 fully saturated rings. The Bertz CT molecular complexity index is 1580. The molecule has 2 N–H and O–H groups in total. The fraction of sp³-hybridized carbons (Fsp3) is 0.333. The molecule has 0 bridgehead atoms. The molecule has 0 aliphatic heterocycles. The number of nitrogens with zero attached hydrogens (tertiary/aromatic N) is 4. The maximum absolute atomic E-state index is 12.5. The van der Waals surface area contributed by atoms with Crippen LogP contribution in [-0.4, -0.2) is 61.6 Å². The van der Waals surface area contributed by atoms with Gasteiger partial charge in [-0.2, -0.15) is 0 Å². The lowest BCUT2D eigenvalue weighted by Gasteiger charge is -2.27. The normalized spacial score (nSPS) is 12.7. The van der Waals surface area contributed by atoms with Crippen LogP contribution >= 0.6 is 0 Å². The number of hydrogen-bond acceptors (Lipinski definition) is 6. The maximum atomic E-state index is 12.5. The van der Waals surface area contributed by atoms with Crippen molar-refractivity contribution in [2.75, 3.05) is 14.1 Å². The van der Waals surface area contributed by atoms with Gasteiger partial charge in [-0.15, -0.1) is 0 Å². The number of rotatable bonds is 8. The number of aromatic amines is 2. The molecule has 0 unspecified atom stereocenters. The molecule has 2 aromatic heterocycles. The summed E-state index contributed by atoms with van der Waals surface area (Å²) in [6.07, 6.45) is 2.66. The molecule has 226 valence electrons. The van der Waals surface area contributed by atoms with Crippen LogP contribution in [0.25, 0.3) is 33.6 Å². The fourth-order valence-corrected chi connectivity index (χ4v) is 4.31. The molecule has 0 aliphatic rings. The van der Waals surface area contributed by atoms with Crippen LogP contribution in [0, 0.1) is 0 Å². The number of nitrogens with one attached hydrogen (secondary N) is 2. The molecular formula is C33H40N6O4. The van der Waals surface area contributed by atoms with Crippen molar-refractivity contribution < 1.29 is 19.1 Å². The summed E-state index contributed by atoms with van der Waals surface area (Å²) in [5.41, 5.74) is 5.27. The van der Waals surface area contributed by atoms with Crippen LogP contribution in [0.4, 0.5) is 9.59 Å². The predicted molar refractivity (Wildman–Crippen MR) is 167 cm³/mol. The average molecular weight is 585 g/mol. The van der Waals surface area contributed by atoms with E-state index in [1.54, 1.807) is 33.4 Å². The Morgan fingerprint density at radius 1 is 0.744 bits per heavy atom. The van der Waals surface area contributed by atoms with Gasteiger partial charge in [0.2, 0.25) is 0 Å². The van der Waals surface area contributed by atoms with E-state index < -0.39 is 17.8 Å². The molecule has 2 atom stereocenters. The third kappa shape index (κ3) is 7.51. The second-order valence-corrected chi connectivity index (χ2v) is 11.6. The summed E-state index contributed by atoms with van der Waals surface area (Å²) in [7, 11) is 3.37. The molecule has 4 rings (SSSR count). The maximum Gasteiger partial charge on any atom is 0.415 e. The summed E-state index contributed by atoms with van der Waals surface area (Å²) >= 11 is 0. The van der Waals surface area contributed by atoms with Gasteiger partial charge in [0.05, 0.1) is 41.6 Å². The first-order valence-electron chi connectivity index (χ1n) is 14.1. The molecule has 0 aliphatic carbocycles. The number of allylic oxidation sites excluding steroid dienone is 1. The molecule has 2 aromatic carbocycles. The predicted octanol–water partition coefficient (Wildman–Crippen LogP) is 7.72. The van der Waals surface area contributed by atoms with E-state index in [9.17, 15) is 9.59 Å². The number of ether oxygens (including phenoxy) is 2. The molecule has 2 amide bonds. The summed E-state index contributed by atoms with van der Waals surface area (Å²) in [5, 5.41) is 0. The zero-order valence-electron chi connectivity index (χ0n) is 26.1. The number of H-pyrrole nitrogens is 2. The van der Waals surface area contributed by atoms with Crippen molar-refractivity contribution in [3.8, 4) is 33.6 Å². The van der Waals surface area contributed by atoms with Crippen LogP contribution in [0.2, 0.25) is 0 Å². The smallest absolute Gasteiger partial charge is 0.415 e. The Hall–Kier alpha value is -4.86. The van der Waals surface area contributed by atoms with Crippen LogP contribution in [0.5, 0.6) is 0 Å². The highest BCUT2D eigenvalue weighted by Gasteiger charge is 2.25. The van der Waals surface area contributed by atoms with Gasteiger partial charge < -0.3 is 29.2 Å². The highest BCUT2D eigenvalue weighted by atomic mass is 16.6. The fourth-order valence-electron chi connectivity index (χ4n) is 4.31. The number of carbonyl (C=O) groups is 2. The molecule has 10 nitrogen and oxygen atoms in total. The van der Waals surface area contributed by atoms with Gasteiger partial charge in [-0.25, -0.2) is 19.6 Å². The standard InChI is InChI=1S/C33H40N6O4/c1-20(2)42-31(40)38(8)21(3)29-34-18-27(36-29)25-14-10-23(11-15-25)24-12-16-26(17-13-24)28-19-35-30(37-28)22(4)39(9)32(41)43-33(5,6)7/h10-19,21-22H,1H2,2-9H3,(H,34,36)(H,35,37)/t21-,22-/m0/s1. The number of hydrogen-bond donors (Lipinski definition) is 2. The lowest BCUT2D eigenvalue weighted by Crippen LogP contribution is -2.36. The van der Waals surface area contributed by atoms with Gasteiger partial charge in [-0.05, 0) is 63.8 Å². The lowest BCUT2D eigenvalue weighted by atomic mass is 10.0. The second kappa shape index (κ2) is 12.6. The molecule has 0 radical (unpaired) electrons. The van der Waals surface area contributed by atoms with Gasteiger partial charge in [0.25, 0.3) is 0 Å².